The SMILES string of the molecule is Cc1ccc(C(N)O)c([NH3+])c1. The fourth-order valence-electron chi connectivity index (χ4n) is 1.02. The first-order valence-corrected chi connectivity index (χ1v) is 3.47. The predicted molar refractivity (Wildman–Crippen MR) is 42.9 cm³/mol. The molecule has 11 heavy (non-hydrogen) atoms. The third-order valence-corrected chi connectivity index (χ3v) is 1.62. The van der Waals surface area contributed by atoms with E-state index >= 15 is 0 Å². The zero-order valence-corrected chi connectivity index (χ0v) is 6.54. The monoisotopic (exact) mass is 153 g/mol. The van der Waals surface area contributed by atoms with Crippen molar-refractivity contribution in [2.45, 2.75) is 13.2 Å². The van der Waals surface area contributed by atoms with Gasteiger partial charge in [-0.15, -0.1) is 0 Å². The smallest absolute Gasteiger partial charge is 0.135 e. The summed E-state index contributed by atoms with van der Waals surface area (Å²) < 4.78 is 0. The largest absolute Gasteiger partial charge is 0.374 e. The molecular formula is C8H13N2O+. The highest BCUT2D eigenvalue weighted by atomic mass is 16.3. The maximum absolute atomic E-state index is 9.03. The molecule has 0 amide bonds. The van der Waals surface area contributed by atoms with Crippen molar-refractivity contribution in [2.24, 2.45) is 5.73 Å². The molecule has 6 N–H and O–H groups in total. The summed E-state index contributed by atoms with van der Waals surface area (Å²) in [5, 5.41) is 9.03. The summed E-state index contributed by atoms with van der Waals surface area (Å²) in [5.74, 6) is 0. The first kappa shape index (κ1) is 8.20. The van der Waals surface area contributed by atoms with Gasteiger partial charge in [-0.1, -0.05) is 6.07 Å². The van der Waals surface area contributed by atoms with Gasteiger partial charge in [0.05, 0.1) is 5.56 Å². The van der Waals surface area contributed by atoms with E-state index in [2.05, 4.69) is 5.73 Å². The van der Waals surface area contributed by atoms with Crippen molar-refractivity contribution in [1.82, 2.24) is 0 Å². The van der Waals surface area contributed by atoms with E-state index in [9.17, 15) is 0 Å². The Labute approximate surface area is 65.6 Å². The molecular weight excluding hydrogens is 140 g/mol. The number of aliphatic hydroxyl groups is 1. The van der Waals surface area contributed by atoms with Gasteiger partial charge in [-0.2, -0.15) is 0 Å². The highest BCUT2D eigenvalue weighted by Gasteiger charge is 2.07. The Morgan fingerprint density at radius 2 is 2.18 bits per heavy atom. The second-order valence-electron chi connectivity index (χ2n) is 2.65. The van der Waals surface area contributed by atoms with Crippen molar-refractivity contribution in [3.05, 3.63) is 29.3 Å². The van der Waals surface area contributed by atoms with E-state index in [1.165, 1.54) is 0 Å². The summed E-state index contributed by atoms with van der Waals surface area (Å²) >= 11 is 0. The van der Waals surface area contributed by atoms with Crippen LogP contribution in [-0.2, 0) is 0 Å². The maximum Gasteiger partial charge on any atom is 0.135 e. The first-order chi connectivity index (χ1) is 5.11. The molecule has 0 aliphatic rings. The molecule has 0 aliphatic heterocycles. The summed E-state index contributed by atoms with van der Waals surface area (Å²) in [5.41, 5.74) is 11.6. The lowest BCUT2D eigenvalue weighted by Gasteiger charge is -2.05. The molecule has 60 valence electrons. The van der Waals surface area contributed by atoms with Gasteiger partial charge in [-0.3, -0.25) is 0 Å². The van der Waals surface area contributed by atoms with Crippen molar-refractivity contribution < 1.29 is 10.8 Å². The van der Waals surface area contributed by atoms with Crippen molar-refractivity contribution in [2.75, 3.05) is 0 Å². The Balaban J connectivity index is 3.09. The molecule has 1 rings (SSSR count). The van der Waals surface area contributed by atoms with Gasteiger partial charge < -0.3 is 16.6 Å². The van der Waals surface area contributed by atoms with Crippen molar-refractivity contribution in [1.29, 1.82) is 0 Å². The van der Waals surface area contributed by atoms with Crippen LogP contribution in [0.25, 0.3) is 0 Å². The minimum atomic E-state index is -0.914. The summed E-state index contributed by atoms with van der Waals surface area (Å²) in [4.78, 5) is 0. The Bertz CT molecular complexity index is 258. The van der Waals surface area contributed by atoms with E-state index in [1.807, 2.05) is 19.1 Å². The Morgan fingerprint density at radius 3 is 2.64 bits per heavy atom. The minimum absolute atomic E-state index is 0.690. The van der Waals surface area contributed by atoms with Crippen LogP contribution < -0.4 is 11.5 Å². The Hall–Kier alpha value is -0.900. The molecule has 0 fully saturated rings. The van der Waals surface area contributed by atoms with Crippen LogP contribution in [0, 0.1) is 6.92 Å². The maximum atomic E-state index is 9.03. The van der Waals surface area contributed by atoms with Gasteiger partial charge >= 0.3 is 0 Å². The van der Waals surface area contributed by atoms with Crippen molar-refractivity contribution >= 4 is 5.69 Å². The molecule has 0 aromatic heterocycles. The topological polar surface area (TPSA) is 73.9 Å². The van der Waals surface area contributed by atoms with E-state index < -0.39 is 6.23 Å². The number of hydrogen-bond acceptors (Lipinski definition) is 2. The molecule has 0 aliphatic carbocycles. The minimum Gasteiger partial charge on any atom is -0.374 e. The van der Waals surface area contributed by atoms with Crippen molar-refractivity contribution in [3.8, 4) is 0 Å². The van der Waals surface area contributed by atoms with Gasteiger partial charge in [0.2, 0.25) is 0 Å². The third kappa shape index (κ3) is 1.77. The van der Waals surface area contributed by atoms with E-state index in [4.69, 9.17) is 10.8 Å². The molecule has 3 heteroatoms. The van der Waals surface area contributed by atoms with Gasteiger partial charge in [0.1, 0.15) is 11.9 Å². The number of nitrogens with two attached hydrogens (primary N) is 1. The number of benzene rings is 1. The molecule has 1 aromatic rings. The standard InChI is InChI=1S/C8H12N2O/c1-5-2-3-6(8(10)11)7(9)4-5/h2-4,8,11H,9-10H2,1H3/p+1. The van der Waals surface area contributed by atoms with Crippen LogP contribution in [0.2, 0.25) is 0 Å². The average Bonchev–Trinajstić information content (AvgIpc) is 1.85. The summed E-state index contributed by atoms with van der Waals surface area (Å²) in [7, 11) is 0. The van der Waals surface area contributed by atoms with Crippen LogP contribution in [0.15, 0.2) is 18.2 Å². The van der Waals surface area contributed by atoms with Crippen LogP contribution in [0.5, 0.6) is 0 Å². The molecule has 1 atom stereocenters. The second-order valence-corrected chi connectivity index (χ2v) is 2.65. The molecule has 1 aromatic carbocycles. The molecule has 0 spiro atoms. The van der Waals surface area contributed by atoms with Gasteiger partial charge in [0, 0.05) is 6.07 Å². The fraction of sp³-hybridized carbons (Fsp3) is 0.250. The number of hydrogen-bond donors (Lipinski definition) is 3. The number of rotatable bonds is 1. The Morgan fingerprint density at radius 1 is 1.55 bits per heavy atom. The first-order valence-electron chi connectivity index (χ1n) is 3.47. The highest BCUT2D eigenvalue weighted by molar-refractivity contribution is 5.42. The van der Waals surface area contributed by atoms with E-state index in [-0.39, 0.29) is 0 Å². The van der Waals surface area contributed by atoms with Crippen LogP contribution in [0.3, 0.4) is 0 Å². The second kappa shape index (κ2) is 3.00. The molecule has 0 bridgehead atoms. The van der Waals surface area contributed by atoms with Gasteiger partial charge in [0.15, 0.2) is 0 Å². The molecule has 1 unspecified atom stereocenters. The van der Waals surface area contributed by atoms with E-state index in [0.29, 0.717) is 5.56 Å². The molecule has 0 radical (unpaired) electrons. The summed E-state index contributed by atoms with van der Waals surface area (Å²) in [6.07, 6.45) is -0.914. The summed E-state index contributed by atoms with van der Waals surface area (Å²) in [6.45, 7) is 1.97. The zero-order chi connectivity index (χ0) is 8.43. The molecule has 0 heterocycles. The lowest BCUT2D eigenvalue weighted by atomic mass is 10.1. The predicted octanol–water partition coefficient (Wildman–Crippen LogP) is -0.182. The lowest BCUT2D eigenvalue weighted by Crippen LogP contribution is -2.42. The lowest BCUT2D eigenvalue weighted by molar-refractivity contribution is -0.256. The average molecular weight is 153 g/mol. The molecule has 0 saturated carbocycles. The van der Waals surface area contributed by atoms with Crippen LogP contribution in [0.1, 0.15) is 17.4 Å². The van der Waals surface area contributed by atoms with Gasteiger partial charge in [-0.05, 0) is 18.6 Å². The number of aliphatic hydroxyl groups excluding tert-OH is 1. The van der Waals surface area contributed by atoms with Gasteiger partial charge in [-0.25, -0.2) is 0 Å². The molecule has 3 nitrogen and oxygen atoms in total. The molecule has 0 saturated heterocycles. The zero-order valence-electron chi connectivity index (χ0n) is 6.54. The fourth-order valence-corrected chi connectivity index (χ4v) is 1.02. The number of quaternary nitrogens is 1. The van der Waals surface area contributed by atoms with Crippen LogP contribution in [-0.4, -0.2) is 5.11 Å². The highest BCUT2D eigenvalue weighted by Crippen LogP contribution is 2.16. The van der Waals surface area contributed by atoms with E-state index in [0.717, 1.165) is 11.3 Å². The van der Waals surface area contributed by atoms with Crippen molar-refractivity contribution in [3.63, 3.8) is 0 Å². The van der Waals surface area contributed by atoms with Gasteiger partial charge in [0.25, 0.3) is 0 Å². The third-order valence-electron chi connectivity index (χ3n) is 1.62. The quantitative estimate of drug-likeness (QED) is 0.489. The Kier molecular flexibility index (Phi) is 2.24. The van der Waals surface area contributed by atoms with Crippen LogP contribution in [0.4, 0.5) is 5.69 Å². The number of aryl methyl sites for hydroxylation is 1. The van der Waals surface area contributed by atoms with E-state index in [1.54, 1.807) is 6.07 Å². The summed E-state index contributed by atoms with van der Waals surface area (Å²) in [6, 6.07) is 5.59. The normalized spacial score (nSPS) is 13.1. The van der Waals surface area contributed by atoms with Crippen LogP contribution >= 0.6 is 0 Å².